The molecule has 2 heterocycles. The Morgan fingerprint density at radius 3 is 3.00 bits per heavy atom. The highest BCUT2D eigenvalue weighted by Gasteiger charge is 2.17. The Labute approximate surface area is 106 Å². The van der Waals surface area contributed by atoms with Crippen LogP contribution in [0.3, 0.4) is 0 Å². The van der Waals surface area contributed by atoms with Crippen LogP contribution in [0.4, 0.5) is 0 Å². The SMILES string of the molecule is Cn1ncc(C(=O)O)c1-c1ccc2oc(=O)[nH]c2c1. The molecule has 0 aliphatic heterocycles. The normalized spacial score (nSPS) is 11.0. The molecule has 3 rings (SSSR count). The van der Waals surface area contributed by atoms with Crippen LogP contribution in [-0.2, 0) is 7.05 Å². The summed E-state index contributed by atoms with van der Waals surface area (Å²) in [5, 5.41) is 13.1. The number of aromatic nitrogens is 3. The van der Waals surface area contributed by atoms with Crippen LogP contribution in [0.25, 0.3) is 22.4 Å². The number of rotatable bonds is 2. The summed E-state index contributed by atoms with van der Waals surface area (Å²) in [6, 6.07) is 4.95. The second-order valence-electron chi connectivity index (χ2n) is 4.06. The minimum absolute atomic E-state index is 0.104. The fourth-order valence-electron chi connectivity index (χ4n) is 2.04. The number of aromatic carboxylic acids is 1. The van der Waals surface area contributed by atoms with Crippen molar-refractivity contribution in [1.29, 1.82) is 0 Å². The molecule has 0 spiro atoms. The average Bonchev–Trinajstić information content (AvgIpc) is 2.89. The van der Waals surface area contributed by atoms with Crippen molar-refractivity contribution in [2.45, 2.75) is 0 Å². The van der Waals surface area contributed by atoms with Gasteiger partial charge in [0.2, 0.25) is 0 Å². The minimum atomic E-state index is -1.05. The van der Waals surface area contributed by atoms with Crippen molar-refractivity contribution in [3.63, 3.8) is 0 Å². The fourth-order valence-corrected chi connectivity index (χ4v) is 2.04. The van der Waals surface area contributed by atoms with Crippen LogP contribution < -0.4 is 5.76 Å². The molecule has 0 amide bonds. The molecule has 2 aromatic heterocycles. The highest BCUT2D eigenvalue weighted by atomic mass is 16.4. The number of hydrogen-bond acceptors (Lipinski definition) is 4. The van der Waals surface area contributed by atoms with Gasteiger partial charge in [-0.05, 0) is 18.2 Å². The first kappa shape index (κ1) is 11.3. The van der Waals surface area contributed by atoms with E-state index < -0.39 is 11.7 Å². The van der Waals surface area contributed by atoms with E-state index in [1.807, 2.05) is 0 Å². The maximum absolute atomic E-state index is 11.1. The average molecular weight is 259 g/mol. The lowest BCUT2D eigenvalue weighted by Crippen LogP contribution is -2.00. The molecule has 0 bridgehead atoms. The predicted molar refractivity (Wildman–Crippen MR) is 66.0 cm³/mol. The summed E-state index contributed by atoms with van der Waals surface area (Å²) in [4.78, 5) is 24.8. The number of hydrogen-bond donors (Lipinski definition) is 2. The number of nitrogens with zero attached hydrogens (tertiary/aromatic N) is 2. The second kappa shape index (κ2) is 3.84. The van der Waals surface area contributed by atoms with Gasteiger partial charge in [0.25, 0.3) is 0 Å². The second-order valence-corrected chi connectivity index (χ2v) is 4.06. The zero-order valence-corrected chi connectivity index (χ0v) is 9.88. The van der Waals surface area contributed by atoms with Crippen molar-refractivity contribution in [1.82, 2.24) is 14.8 Å². The van der Waals surface area contributed by atoms with Gasteiger partial charge in [0.1, 0.15) is 5.56 Å². The van der Waals surface area contributed by atoms with Gasteiger partial charge in [-0.15, -0.1) is 0 Å². The van der Waals surface area contributed by atoms with E-state index in [4.69, 9.17) is 9.52 Å². The van der Waals surface area contributed by atoms with Crippen molar-refractivity contribution in [3.8, 4) is 11.3 Å². The lowest BCUT2D eigenvalue weighted by Gasteiger charge is -2.03. The van der Waals surface area contributed by atoms with E-state index in [0.717, 1.165) is 0 Å². The third-order valence-corrected chi connectivity index (χ3v) is 2.86. The number of carboxylic acids is 1. The van der Waals surface area contributed by atoms with E-state index in [9.17, 15) is 9.59 Å². The van der Waals surface area contributed by atoms with E-state index in [0.29, 0.717) is 22.4 Å². The number of oxazole rings is 1. The number of fused-ring (bicyclic) bond motifs is 1. The van der Waals surface area contributed by atoms with Gasteiger partial charge in [0.15, 0.2) is 5.58 Å². The summed E-state index contributed by atoms with van der Waals surface area (Å²) < 4.78 is 6.37. The molecule has 1 aromatic carbocycles. The van der Waals surface area contributed by atoms with Gasteiger partial charge in [-0.3, -0.25) is 9.67 Å². The summed E-state index contributed by atoms with van der Waals surface area (Å²) >= 11 is 0. The highest BCUT2D eigenvalue weighted by molar-refractivity contribution is 5.95. The summed E-state index contributed by atoms with van der Waals surface area (Å²) in [6.07, 6.45) is 1.29. The number of carboxylic acid groups (broad SMARTS) is 1. The standard InChI is InChI=1S/C12H9N3O4/c1-15-10(7(5-13-15)11(16)17)6-2-3-9-8(4-6)14-12(18)19-9/h2-5H,1H3,(H,14,18)(H,16,17). The van der Waals surface area contributed by atoms with E-state index >= 15 is 0 Å². The molecule has 7 nitrogen and oxygen atoms in total. The van der Waals surface area contributed by atoms with Crippen LogP contribution in [0.5, 0.6) is 0 Å². The molecule has 3 aromatic rings. The number of H-pyrrole nitrogens is 1. The molecule has 2 N–H and O–H groups in total. The lowest BCUT2D eigenvalue weighted by atomic mass is 10.1. The molecule has 0 saturated carbocycles. The zero-order chi connectivity index (χ0) is 13.6. The van der Waals surface area contributed by atoms with E-state index in [2.05, 4.69) is 10.1 Å². The lowest BCUT2D eigenvalue weighted by molar-refractivity contribution is 0.0697. The minimum Gasteiger partial charge on any atom is -0.478 e. The van der Waals surface area contributed by atoms with Gasteiger partial charge in [-0.1, -0.05) is 0 Å². The van der Waals surface area contributed by atoms with Crippen LogP contribution in [0, 0.1) is 0 Å². The van der Waals surface area contributed by atoms with Crippen molar-refractivity contribution in [2.75, 3.05) is 0 Å². The van der Waals surface area contributed by atoms with Crippen molar-refractivity contribution < 1.29 is 14.3 Å². The zero-order valence-electron chi connectivity index (χ0n) is 9.88. The molecule has 0 unspecified atom stereocenters. The summed E-state index contributed by atoms with van der Waals surface area (Å²) in [5.41, 5.74) is 2.15. The first-order chi connectivity index (χ1) is 9.06. The largest absolute Gasteiger partial charge is 0.478 e. The van der Waals surface area contributed by atoms with Gasteiger partial charge in [0, 0.05) is 12.6 Å². The number of nitrogens with one attached hydrogen (secondary N) is 1. The first-order valence-corrected chi connectivity index (χ1v) is 5.45. The molecule has 0 aliphatic carbocycles. The summed E-state index contributed by atoms with van der Waals surface area (Å²) in [5.74, 6) is -1.60. The van der Waals surface area contributed by atoms with Crippen LogP contribution in [0.2, 0.25) is 0 Å². The molecule has 0 radical (unpaired) electrons. The van der Waals surface area contributed by atoms with E-state index in [1.165, 1.54) is 10.9 Å². The molecular weight excluding hydrogens is 250 g/mol. The van der Waals surface area contributed by atoms with Crippen LogP contribution >= 0.6 is 0 Å². The van der Waals surface area contributed by atoms with Crippen LogP contribution in [0.15, 0.2) is 33.6 Å². The Hall–Kier alpha value is -2.83. The Balaban J connectivity index is 2.26. The van der Waals surface area contributed by atoms with Gasteiger partial charge in [-0.25, -0.2) is 9.59 Å². The smallest absolute Gasteiger partial charge is 0.417 e. The van der Waals surface area contributed by atoms with E-state index in [1.54, 1.807) is 25.2 Å². The molecule has 96 valence electrons. The van der Waals surface area contributed by atoms with E-state index in [-0.39, 0.29) is 5.56 Å². The van der Waals surface area contributed by atoms with Crippen LogP contribution in [0.1, 0.15) is 10.4 Å². The van der Waals surface area contributed by atoms with Crippen molar-refractivity contribution >= 4 is 17.1 Å². The third kappa shape index (κ3) is 1.71. The maximum atomic E-state index is 11.1. The van der Waals surface area contributed by atoms with Gasteiger partial charge >= 0.3 is 11.7 Å². The molecule has 0 aliphatic rings. The molecule has 19 heavy (non-hydrogen) atoms. The third-order valence-electron chi connectivity index (χ3n) is 2.86. The topological polar surface area (TPSA) is 101 Å². The van der Waals surface area contributed by atoms with Gasteiger partial charge < -0.3 is 9.52 Å². The number of aromatic amines is 1. The quantitative estimate of drug-likeness (QED) is 0.720. The molecule has 0 atom stereocenters. The molecular formula is C12H9N3O4. The number of carbonyl (C=O) groups is 1. The molecule has 7 heteroatoms. The Morgan fingerprint density at radius 2 is 2.26 bits per heavy atom. The van der Waals surface area contributed by atoms with Crippen LogP contribution in [-0.4, -0.2) is 25.8 Å². The monoisotopic (exact) mass is 259 g/mol. The summed E-state index contributed by atoms with van der Waals surface area (Å²) in [6.45, 7) is 0. The van der Waals surface area contributed by atoms with Crippen molar-refractivity contribution in [2.24, 2.45) is 7.05 Å². The highest BCUT2D eigenvalue weighted by Crippen LogP contribution is 2.25. The molecule has 0 fully saturated rings. The Bertz CT molecular complexity index is 840. The number of benzene rings is 1. The first-order valence-electron chi connectivity index (χ1n) is 5.45. The van der Waals surface area contributed by atoms with Crippen molar-refractivity contribution in [3.05, 3.63) is 40.5 Å². The fraction of sp³-hybridized carbons (Fsp3) is 0.0833. The maximum Gasteiger partial charge on any atom is 0.417 e. The van der Waals surface area contributed by atoms with Gasteiger partial charge in [-0.2, -0.15) is 5.10 Å². The van der Waals surface area contributed by atoms with Gasteiger partial charge in [0.05, 0.1) is 17.4 Å². The predicted octanol–water partition coefficient (Wildman–Crippen LogP) is 1.22. The Morgan fingerprint density at radius 1 is 1.47 bits per heavy atom. The Kier molecular flexibility index (Phi) is 2.28. The summed E-state index contributed by atoms with van der Waals surface area (Å²) in [7, 11) is 1.66. The number of aryl methyl sites for hydroxylation is 1. The molecule has 0 saturated heterocycles.